The van der Waals surface area contributed by atoms with Crippen LogP contribution >= 0.6 is 0 Å². The summed E-state index contributed by atoms with van der Waals surface area (Å²) in [5, 5.41) is 0. The maximum Gasteiger partial charge on any atom is 0.228 e. The van der Waals surface area contributed by atoms with Crippen LogP contribution in [0.15, 0.2) is 48.5 Å². The molecule has 28 heavy (non-hydrogen) atoms. The van der Waals surface area contributed by atoms with Crippen LogP contribution in [0.2, 0.25) is 0 Å². The number of carbonyl (C=O) groups excluding carboxylic acids is 1. The topological polar surface area (TPSA) is 26.8 Å². The molecule has 5 rings (SSSR count). The van der Waals surface area contributed by atoms with Crippen molar-refractivity contribution in [1.82, 2.24) is 4.90 Å². The molecule has 2 fully saturated rings. The van der Waals surface area contributed by atoms with Crippen LogP contribution in [0.5, 0.6) is 0 Å². The Morgan fingerprint density at radius 2 is 1.61 bits per heavy atom. The first-order chi connectivity index (χ1) is 13.7. The molecule has 2 saturated heterocycles. The summed E-state index contributed by atoms with van der Waals surface area (Å²) in [6.07, 6.45) is 2.98. The SMILES string of the molecule is O=C(C1Cc2ccccc2N2CCN(c3ccccc3F)CC12)N1CCCC1. The fourth-order valence-electron chi connectivity index (χ4n) is 5.14. The summed E-state index contributed by atoms with van der Waals surface area (Å²) >= 11 is 0. The molecule has 3 aliphatic heterocycles. The number of piperazine rings is 1. The van der Waals surface area contributed by atoms with Gasteiger partial charge in [-0.1, -0.05) is 30.3 Å². The summed E-state index contributed by atoms with van der Waals surface area (Å²) in [7, 11) is 0. The average molecular weight is 379 g/mol. The molecular formula is C23H26FN3O. The third kappa shape index (κ3) is 2.93. The molecule has 2 unspecified atom stereocenters. The fraction of sp³-hybridized carbons (Fsp3) is 0.435. The molecule has 5 heteroatoms. The van der Waals surface area contributed by atoms with Crippen molar-refractivity contribution in [2.45, 2.75) is 25.3 Å². The quantitative estimate of drug-likeness (QED) is 0.801. The summed E-state index contributed by atoms with van der Waals surface area (Å²) < 4.78 is 14.4. The van der Waals surface area contributed by atoms with E-state index in [9.17, 15) is 9.18 Å². The zero-order valence-corrected chi connectivity index (χ0v) is 16.1. The van der Waals surface area contributed by atoms with Gasteiger partial charge in [0.2, 0.25) is 5.91 Å². The van der Waals surface area contributed by atoms with E-state index in [0.29, 0.717) is 12.2 Å². The van der Waals surface area contributed by atoms with E-state index in [0.717, 1.165) is 45.4 Å². The number of fused-ring (bicyclic) bond motifs is 3. The monoisotopic (exact) mass is 379 g/mol. The first kappa shape index (κ1) is 17.5. The highest BCUT2D eigenvalue weighted by Crippen LogP contribution is 2.38. The lowest BCUT2D eigenvalue weighted by Crippen LogP contribution is -2.61. The van der Waals surface area contributed by atoms with E-state index in [1.165, 1.54) is 17.3 Å². The Hall–Kier alpha value is -2.56. The van der Waals surface area contributed by atoms with Crippen LogP contribution in [0.3, 0.4) is 0 Å². The average Bonchev–Trinajstić information content (AvgIpc) is 3.27. The number of nitrogens with zero attached hydrogens (tertiary/aromatic N) is 3. The summed E-state index contributed by atoms with van der Waals surface area (Å²) in [5.74, 6) is 0.0227. The van der Waals surface area contributed by atoms with Crippen molar-refractivity contribution >= 4 is 17.3 Å². The van der Waals surface area contributed by atoms with Crippen LogP contribution in [-0.4, -0.2) is 49.6 Å². The van der Waals surface area contributed by atoms with Gasteiger partial charge in [0.25, 0.3) is 0 Å². The summed E-state index contributed by atoms with van der Waals surface area (Å²) in [6.45, 7) is 4.00. The molecule has 2 aromatic carbocycles. The Morgan fingerprint density at radius 3 is 2.39 bits per heavy atom. The van der Waals surface area contributed by atoms with Gasteiger partial charge in [0.05, 0.1) is 17.6 Å². The highest BCUT2D eigenvalue weighted by Gasteiger charge is 2.43. The predicted octanol–water partition coefficient (Wildman–Crippen LogP) is 3.32. The van der Waals surface area contributed by atoms with Crippen LogP contribution in [0.1, 0.15) is 18.4 Å². The van der Waals surface area contributed by atoms with Gasteiger partial charge < -0.3 is 14.7 Å². The number of carbonyl (C=O) groups is 1. The highest BCUT2D eigenvalue weighted by atomic mass is 19.1. The molecular weight excluding hydrogens is 353 g/mol. The molecule has 2 aromatic rings. The minimum absolute atomic E-state index is 0.0671. The molecule has 1 amide bonds. The number of halogens is 1. The Bertz CT molecular complexity index is 880. The first-order valence-electron chi connectivity index (χ1n) is 10.4. The zero-order valence-electron chi connectivity index (χ0n) is 16.1. The third-order valence-electron chi connectivity index (χ3n) is 6.55. The minimum Gasteiger partial charge on any atom is -0.365 e. The number of hydrogen-bond donors (Lipinski definition) is 0. The molecule has 3 heterocycles. The van der Waals surface area contributed by atoms with Crippen LogP contribution in [-0.2, 0) is 11.2 Å². The van der Waals surface area contributed by atoms with E-state index < -0.39 is 0 Å². The third-order valence-corrected chi connectivity index (χ3v) is 6.55. The lowest BCUT2D eigenvalue weighted by Gasteiger charge is -2.50. The Labute approximate surface area is 165 Å². The van der Waals surface area contributed by atoms with E-state index in [4.69, 9.17) is 0 Å². The van der Waals surface area contributed by atoms with Crippen molar-refractivity contribution in [2.24, 2.45) is 5.92 Å². The van der Waals surface area contributed by atoms with Crippen LogP contribution in [0.25, 0.3) is 0 Å². The number of para-hydroxylation sites is 2. The Morgan fingerprint density at radius 1 is 0.893 bits per heavy atom. The molecule has 0 N–H and O–H groups in total. The van der Waals surface area contributed by atoms with Crippen molar-refractivity contribution in [3.63, 3.8) is 0 Å². The summed E-state index contributed by atoms with van der Waals surface area (Å²) in [4.78, 5) is 19.9. The van der Waals surface area contributed by atoms with E-state index >= 15 is 0 Å². The van der Waals surface area contributed by atoms with E-state index in [-0.39, 0.29) is 23.7 Å². The molecule has 146 valence electrons. The van der Waals surface area contributed by atoms with Crippen LogP contribution in [0, 0.1) is 11.7 Å². The predicted molar refractivity (Wildman–Crippen MR) is 109 cm³/mol. The van der Waals surface area contributed by atoms with Gasteiger partial charge in [0.15, 0.2) is 0 Å². The molecule has 3 aliphatic rings. The normalized spacial score (nSPS) is 24.1. The second kappa shape index (κ2) is 7.12. The van der Waals surface area contributed by atoms with Gasteiger partial charge in [-0.05, 0) is 43.0 Å². The minimum atomic E-state index is -0.186. The van der Waals surface area contributed by atoms with Crippen molar-refractivity contribution in [2.75, 3.05) is 42.5 Å². The lowest BCUT2D eigenvalue weighted by molar-refractivity contribution is -0.135. The number of amides is 1. The van der Waals surface area contributed by atoms with Gasteiger partial charge in [-0.2, -0.15) is 0 Å². The highest BCUT2D eigenvalue weighted by molar-refractivity contribution is 5.82. The van der Waals surface area contributed by atoms with Crippen LogP contribution in [0.4, 0.5) is 15.8 Å². The van der Waals surface area contributed by atoms with Crippen molar-refractivity contribution in [3.05, 3.63) is 59.9 Å². The van der Waals surface area contributed by atoms with Crippen LogP contribution < -0.4 is 9.80 Å². The Balaban J connectivity index is 1.48. The smallest absolute Gasteiger partial charge is 0.228 e. The fourth-order valence-corrected chi connectivity index (χ4v) is 5.14. The largest absolute Gasteiger partial charge is 0.365 e. The molecule has 0 spiro atoms. The maximum atomic E-state index is 14.4. The van der Waals surface area contributed by atoms with Gasteiger partial charge in [-0.3, -0.25) is 4.79 Å². The van der Waals surface area contributed by atoms with Gasteiger partial charge in [0, 0.05) is 38.4 Å². The number of benzene rings is 2. The second-order valence-electron chi connectivity index (χ2n) is 8.13. The molecule has 4 nitrogen and oxygen atoms in total. The van der Waals surface area contributed by atoms with Gasteiger partial charge >= 0.3 is 0 Å². The summed E-state index contributed by atoms with van der Waals surface area (Å²) in [6, 6.07) is 15.5. The number of hydrogen-bond acceptors (Lipinski definition) is 3. The van der Waals surface area contributed by atoms with Crippen molar-refractivity contribution in [1.29, 1.82) is 0 Å². The van der Waals surface area contributed by atoms with Crippen molar-refractivity contribution in [3.8, 4) is 0 Å². The summed E-state index contributed by atoms with van der Waals surface area (Å²) in [5.41, 5.74) is 3.15. The van der Waals surface area contributed by atoms with Crippen molar-refractivity contribution < 1.29 is 9.18 Å². The van der Waals surface area contributed by atoms with Gasteiger partial charge in [0.1, 0.15) is 5.82 Å². The van der Waals surface area contributed by atoms with E-state index in [2.05, 4.69) is 34.1 Å². The first-order valence-corrected chi connectivity index (χ1v) is 10.4. The number of rotatable bonds is 2. The van der Waals surface area contributed by atoms with Gasteiger partial charge in [-0.25, -0.2) is 4.39 Å². The molecule has 0 aromatic heterocycles. The molecule has 0 aliphatic carbocycles. The van der Waals surface area contributed by atoms with E-state index in [1.807, 2.05) is 17.0 Å². The number of anilines is 2. The molecule has 0 bridgehead atoms. The number of likely N-dealkylation sites (tertiary alicyclic amines) is 1. The molecule has 0 saturated carbocycles. The zero-order chi connectivity index (χ0) is 19.1. The van der Waals surface area contributed by atoms with Gasteiger partial charge in [-0.15, -0.1) is 0 Å². The van der Waals surface area contributed by atoms with E-state index in [1.54, 1.807) is 6.07 Å². The second-order valence-corrected chi connectivity index (χ2v) is 8.13. The lowest BCUT2D eigenvalue weighted by atomic mass is 9.83. The molecule has 2 atom stereocenters. The molecule has 0 radical (unpaired) electrons. The maximum absolute atomic E-state index is 14.4. The standard InChI is InChI=1S/C23H26FN3O/c24-19-8-2-4-10-21(19)26-13-14-27-20-9-3-1-7-17(20)15-18(22(27)16-26)23(28)25-11-5-6-12-25/h1-4,7-10,18,22H,5-6,11-16H2. The Kier molecular flexibility index (Phi) is 4.46.